The Balaban J connectivity index is 1.69. The lowest BCUT2D eigenvalue weighted by atomic mass is 10.2. The van der Waals surface area contributed by atoms with E-state index in [0.717, 1.165) is 19.4 Å². The third-order valence-corrected chi connectivity index (χ3v) is 3.27. The number of nitrogens with zero attached hydrogens (tertiary/aromatic N) is 2. The topological polar surface area (TPSA) is 62.3 Å². The lowest BCUT2D eigenvalue weighted by molar-refractivity contribution is -0.127. The number of carbonyl (C=O) groups excluding carboxylic acids is 2. The van der Waals surface area contributed by atoms with E-state index in [1.54, 1.807) is 12.1 Å². The molecular weight excluding hydrogens is 266 g/mol. The first-order chi connectivity index (χ1) is 9.16. The van der Waals surface area contributed by atoms with Crippen molar-refractivity contribution in [3.63, 3.8) is 0 Å². The van der Waals surface area contributed by atoms with Crippen LogP contribution in [0.1, 0.15) is 29.6 Å². The van der Waals surface area contributed by atoms with Crippen molar-refractivity contribution in [1.82, 2.24) is 15.2 Å². The SMILES string of the molecule is O=C(NCCCN1CCCC1=O)c1ccc(Cl)nc1. The molecule has 0 aliphatic carbocycles. The van der Waals surface area contributed by atoms with Crippen LogP contribution in [0.25, 0.3) is 0 Å². The van der Waals surface area contributed by atoms with Crippen LogP contribution in [-0.2, 0) is 4.79 Å². The van der Waals surface area contributed by atoms with Crippen LogP contribution in [0.15, 0.2) is 18.3 Å². The molecule has 2 heterocycles. The first-order valence-electron chi connectivity index (χ1n) is 6.34. The van der Waals surface area contributed by atoms with Gasteiger partial charge in [-0.2, -0.15) is 0 Å². The van der Waals surface area contributed by atoms with Gasteiger partial charge in [0.1, 0.15) is 5.15 Å². The number of carbonyl (C=O) groups is 2. The quantitative estimate of drug-likeness (QED) is 0.657. The van der Waals surface area contributed by atoms with Crippen molar-refractivity contribution in [1.29, 1.82) is 0 Å². The van der Waals surface area contributed by atoms with Crippen molar-refractivity contribution in [2.75, 3.05) is 19.6 Å². The second-order valence-corrected chi connectivity index (χ2v) is 4.85. The summed E-state index contributed by atoms with van der Waals surface area (Å²) in [5.41, 5.74) is 0.488. The molecule has 102 valence electrons. The molecule has 0 unspecified atom stereocenters. The van der Waals surface area contributed by atoms with Crippen molar-refractivity contribution in [3.8, 4) is 0 Å². The van der Waals surface area contributed by atoms with E-state index in [0.29, 0.717) is 30.2 Å². The van der Waals surface area contributed by atoms with Gasteiger partial charge in [-0.3, -0.25) is 9.59 Å². The third-order valence-electron chi connectivity index (χ3n) is 3.05. The zero-order valence-corrected chi connectivity index (χ0v) is 11.3. The Labute approximate surface area is 117 Å². The Morgan fingerprint density at radius 1 is 1.47 bits per heavy atom. The van der Waals surface area contributed by atoms with Crippen LogP contribution in [-0.4, -0.2) is 41.3 Å². The van der Waals surface area contributed by atoms with Crippen molar-refractivity contribution < 1.29 is 9.59 Å². The summed E-state index contributed by atoms with van der Waals surface area (Å²) in [6.45, 7) is 2.09. The highest BCUT2D eigenvalue weighted by Gasteiger charge is 2.19. The van der Waals surface area contributed by atoms with Gasteiger partial charge >= 0.3 is 0 Å². The van der Waals surface area contributed by atoms with Crippen LogP contribution >= 0.6 is 11.6 Å². The van der Waals surface area contributed by atoms with Crippen molar-refractivity contribution in [2.45, 2.75) is 19.3 Å². The van der Waals surface area contributed by atoms with Gasteiger partial charge in [-0.25, -0.2) is 4.98 Å². The predicted molar refractivity (Wildman–Crippen MR) is 72.0 cm³/mol. The lowest BCUT2D eigenvalue weighted by Gasteiger charge is -2.15. The second-order valence-electron chi connectivity index (χ2n) is 4.46. The fraction of sp³-hybridized carbons (Fsp3) is 0.462. The van der Waals surface area contributed by atoms with E-state index in [1.807, 2.05) is 4.90 Å². The molecule has 1 aliphatic rings. The van der Waals surface area contributed by atoms with Crippen molar-refractivity contribution in [3.05, 3.63) is 29.0 Å². The minimum atomic E-state index is -0.170. The van der Waals surface area contributed by atoms with Gasteiger partial charge in [0.05, 0.1) is 5.56 Å². The van der Waals surface area contributed by atoms with Crippen molar-refractivity contribution >= 4 is 23.4 Å². The van der Waals surface area contributed by atoms with Crippen LogP contribution in [0.2, 0.25) is 5.15 Å². The second kappa shape index (κ2) is 6.52. The molecule has 0 spiro atoms. The molecule has 5 nitrogen and oxygen atoms in total. The number of pyridine rings is 1. The summed E-state index contributed by atoms with van der Waals surface area (Å²) in [5.74, 6) is 0.0464. The third kappa shape index (κ3) is 3.92. The van der Waals surface area contributed by atoms with Crippen LogP contribution in [0, 0.1) is 0 Å². The van der Waals surface area contributed by atoms with Gasteiger partial charge in [-0.05, 0) is 25.0 Å². The Bertz CT molecular complexity index is 461. The van der Waals surface area contributed by atoms with E-state index >= 15 is 0 Å². The van der Waals surface area contributed by atoms with Crippen LogP contribution in [0.3, 0.4) is 0 Å². The average molecular weight is 282 g/mol. The molecule has 19 heavy (non-hydrogen) atoms. The van der Waals surface area contributed by atoms with Crippen LogP contribution in [0.5, 0.6) is 0 Å². The smallest absolute Gasteiger partial charge is 0.252 e. The Morgan fingerprint density at radius 2 is 2.32 bits per heavy atom. The van der Waals surface area contributed by atoms with E-state index in [9.17, 15) is 9.59 Å². The Hall–Kier alpha value is -1.62. The summed E-state index contributed by atoms with van der Waals surface area (Å²) in [6.07, 6.45) is 3.81. The first kappa shape index (κ1) is 13.8. The summed E-state index contributed by atoms with van der Waals surface area (Å²) >= 11 is 5.65. The highest BCUT2D eigenvalue weighted by Crippen LogP contribution is 2.09. The maximum Gasteiger partial charge on any atom is 0.252 e. The lowest BCUT2D eigenvalue weighted by Crippen LogP contribution is -2.30. The Morgan fingerprint density at radius 3 is 2.95 bits per heavy atom. The minimum absolute atomic E-state index is 0.170. The summed E-state index contributed by atoms with van der Waals surface area (Å²) in [4.78, 5) is 28.8. The predicted octanol–water partition coefficient (Wildman–Crippen LogP) is 1.48. The van der Waals surface area contributed by atoms with E-state index in [1.165, 1.54) is 6.20 Å². The number of amides is 2. The molecule has 2 rings (SSSR count). The van der Waals surface area contributed by atoms with Gasteiger partial charge in [0.25, 0.3) is 5.91 Å². The molecule has 1 aromatic heterocycles. The maximum atomic E-state index is 11.7. The molecule has 0 radical (unpaired) electrons. The molecule has 1 aromatic rings. The maximum absolute atomic E-state index is 11.7. The molecule has 0 bridgehead atoms. The van der Waals surface area contributed by atoms with E-state index in [-0.39, 0.29) is 11.8 Å². The number of hydrogen-bond acceptors (Lipinski definition) is 3. The number of rotatable bonds is 5. The van der Waals surface area contributed by atoms with E-state index in [4.69, 9.17) is 11.6 Å². The standard InChI is InChI=1S/C13H16ClN3O2/c14-11-5-4-10(9-16-11)13(19)15-6-2-8-17-7-1-3-12(17)18/h4-5,9H,1-3,6-8H2,(H,15,19). The summed E-state index contributed by atoms with van der Waals surface area (Å²) in [6, 6.07) is 3.22. The molecule has 2 amide bonds. The number of aromatic nitrogens is 1. The van der Waals surface area contributed by atoms with Crippen molar-refractivity contribution in [2.24, 2.45) is 0 Å². The van der Waals surface area contributed by atoms with E-state index < -0.39 is 0 Å². The molecule has 1 fully saturated rings. The number of nitrogens with one attached hydrogen (secondary N) is 1. The minimum Gasteiger partial charge on any atom is -0.352 e. The number of hydrogen-bond donors (Lipinski definition) is 1. The monoisotopic (exact) mass is 281 g/mol. The molecular formula is C13H16ClN3O2. The molecule has 0 atom stereocenters. The van der Waals surface area contributed by atoms with Gasteiger partial charge in [0.2, 0.25) is 5.91 Å². The van der Waals surface area contributed by atoms with Gasteiger partial charge in [-0.15, -0.1) is 0 Å². The normalized spacial score (nSPS) is 14.8. The molecule has 1 saturated heterocycles. The van der Waals surface area contributed by atoms with E-state index in [2.05, 4.69) is 10.3 Å². The highest BCUT2D eigenvalue weighted by molar-refractivity contribution is 6.29. The molecule has 6 heteroatoms. The molecule has 1 aliphatic heterocycles. The first-order valence-corrected chi connectivity index (χ1v) is 6.72. The highest BCUT2D eigenvalue weighted by atomic mass is 35.5. The van der Waals surface area contributed by atoms with Gasteiger partial charge in [0.15, 0.2) is 0 Å². The molecule has 0 aromatic carbocycles. The number of halogens is 1. The van der Waals surface area contributed by atoms with Gasteiger partial charge < -0.3 is 10.2 Å². The largest absolute Gasteiger partial charge is 0.352 e. The zero-order chi connectivity index (χ0) is 13.7. The molecule has 0 saturated carbocycles. The molecule has 1 N–H and O–H groups in total. The summed E-state index contributed by atoms with van der Waals surface area (Å²) in [5, 5.41) is 3.16. The average Bonchev–Trinajstić information content (AvgIpc) is 2.81. The number of likely N-dealkylation sites (tertiary alicyclic amines) is 1. The summed E-state index contributed by atoms with van der Waals surface area (Å²) < 4.78 is 0. The summed E-state index contributed by atoms with van der Waals surface area (Å²) in [7, 11) is 0. The zero-order valence-electron chi connectivity index (χ0n) is 10.6. The Kier molecular flexibility index (Phi) is 4.74. The van der Waals surface area contributed by atoms with Gasteiger partial charge in [-0.1, -0.05) is 11.6 Å². The fourth-order valence-electron chi connectivity index (χ4n) is 2.02. The fourth-order valence-corrected chi connectivity index (χ4v) is 2.14. The van der Waals surface area contributed by atoms with Gasteiger partial charge in [0, 0.05) is 32.3 Å². The van der Waals surface area contributed by atoms with Crippen LogP contribution in [0.4, 0.5) is 0 Å². The van der Waals surface area contributed by atoms with Crippen LogP contribution < -0.4 is 5.32 Å².